The maximum absolute atomic E-state index is 8.88. The lowest BCUT2D eigenvalue weighted by Gasteiger charge is -2.07. The summed E-state index contributed by atoms with van der Waals surface area (Å²) in [6, 6.07) is 8.04. The van der Waals surface area contributed by atoms with Crippen LogP contribution in [-0.2, 0) is 0 Å². The van der Waals surface area contributed by atoms with Gasteiger partial charge < -0.3 is 5.32 Å². The van der Waals surface area contributed by atoms with Crippen LogP contribution in [0, 0.1) is 18.3 Å². The SMILES string of the molecule is CCCCNc1cc(C)ccc1C#N. The molecule has 0 amide bonds. The summed E-state index contributed by atoms with van der Waals surface area (Å²) in [4.78, 5) is 0. The molecule has 0 atom stereocenters. The number of aryl methyl sites for hydroxylation is 1. The number of hydrogen-bond donors (Lipinski definition) is 1. The predicted molar refractivity (Wildman–Crippen MR) is 59.3 cm³/mol. The Kier molecular flexibility index (Phi) is 4.00. The minimum Gasteiger partial charge on any atom is -0.384 e. The average Bonchev–Trinajstić information content (AvgIpc) is 2.19. The number of nitrogens with one attached hydrogen (secondary N) is 1. The van der Waals surface area contributed by atoms with Crippen LogP contribution in [0.5, 0.6) is 0 Å². The standard InChI is InChI=1S/C12H16N2/c1-3-4-7-14-12-8-10(2)5-6-11(12)9-13/h5-6,8,14H,3-4,7H2,1-2H3. The second-order valence-electron chi connectivity index (χ2n) is 3.44. The molecule has 0 saturated carbocycles. The summed E-state index contributed by atoms with van der Waals surface area (Å²) < 4.78 is 0. The van der Waals surface area contributed by atoms with E-state index in [9.17, 15) is 0 Å². The van der Waals surface area contributed by atoms with Crippen molar-refractivity contribution in [3.8, 4) is 6.07 Å². The molecule has 2 nitrogen and oxygen atoms in total. The van der Waals surface area contributed by atoms with Crippen LogP contribution in [0.15, 0.2) is 18.2 Å². The minimum atomic E-state index is 0.728. The van der Waals surface area contributed by atoms with Crippen molar-refractivity contribution in [2.24, 2.45) is 0 Å². The molecule has 0 heterocycles. The van der Waals surface area contributed by atoms with Crippen LogP contribution in [0.3, 0.4) is 0 Å². The highest BCUT2D eigenvalue weighted by atomic mass is 14.9. The molecule has 1 aromatic carbocycles. The van der Waals surface area contributed by atoms with Gasteiger partial charge in [-0.3, -0.25) is 0 Å². The molecular weight excluding hydrogens is 172 g/mol. The lowest BCUT2D eigenvalue weighted by atomic mass is 10.1. The van der Waals surface area contributed by atoms with Crippen molar-refractivity contribution < 1.29 is 0 Å². The van der Waals surface area contributed by atoms with Gasteiger partial charge in [-0.05, 0) is 31.0 Å². The van der Waals surface area contributed by atoms with Crippen LogP contribution in [-0.4, -0.2) is 6.54 Å². The zero-order chi connectivity index (χ0) is 10.4. The van der Waals surface area contributed by atoms with Crippen LogP contribution in [0.2, 0.25) is 0 Å². The molecule has 14 heavy (non-hydrogen) atoms. The monoisotopic (exact) mass is 188 g/mol. The first-order valence-electron chi connectivity index (χ1n) is 5.02. The van der Waals surface area contributed by atoms with Crippen LogP contribution < -0.4 is 5.32 Å². The number of benzene rings is 1. The molecule has 0 spiro atoms. The van der Waals surface area contributed by atoms with Gasteiger partial charge in [0.15, 0.2) is 0 Å². The smallest absolute Gasteiger partial charge is 0.101 e. The Balaban J connectivity index is 2.73. The maximum Gasteiger partial charge on any atom is 0.101 e. The van der Waals surface area contributed by atoms with Crippen molar-refractivity contribution in [1.82, 2.24) is 0 Å². The van der Waals surface area contributed by atoms with Gasteiger partial charge in [-0.25, -0.2) is 0 Å². The molecular formula is C12H16N2. The maximum atomic E-state index is 8.88. The Labute approximate surface area is 85.6 Å². The largest absolute Gasteiger partial charge is 0.384 e. The van der Waals surface area contributed by atoms with E-state index < -0.39 is 0 Å². The van der Waals surface area contributed by atoms with E-state index in [-0.39, 0.29) is 0 Å². The number of nitriles is 1. The normalized spacial score (nSPS) is 9.50. The topological polar surface area (TPSA) is 35.8 Å². The Bertz CT molecular complexity index is 337. The zero-order valence-electron chi connectivity index (χ0n) is 8.80. The first kappa shape index (κ1) is 10.6. The highest BCUT2D eigenvalue weighted by molar-refractivity contribution is 5.58. The molecule has 0 aliphatic heterocycles. The van der Waals surface area contributed by atoms with Crippen molar-refractivity contribution in [3.05, 3.63) is 29.3 Å². The van der Waals surface area contributed by atoms with Crippen LogP contribution in [0.25, 0.3) is 0 Å². The van der Waals surface area contributed by atoms with Gasteiger partial charge in [-0.15, -0.1) is 0 Å². The van der Waals surface area contributed by atoms with Gasteiger partial charge in [0, 0.05) is 6.54 Å². The number of nitrogens with zero attached hydrogens (tertiary/aromatic N) is 1. The zero-order valence-corrected chi connectivity index (χ0v) is 8.80. The molecule has 0 fully saturated rings. The van der Waals surface area contributed by atoms with Gasteiger partial charge in [0.2, 0.25) is 0 Å². The summed E-state index contributed by atoms with van der Waals surface area (Å²) in [5.74, 6) is 0. The van der Waals surface area contributed by atoms with E-state index in [1.807, 2.05) is 25.1 Å². The van der Waals surface area contributed by atoms with Crippen molar-refractivity contribution in [2.75, 3.05) is 11.9 Å². The highest BCUT2D eigenvalue weighted by Gasteiger charge is 2.00. The summed E-state index contributed by atoms with van der Waals surface area (Å²) >= 11 is 0. The van der Waals surface area contributed by atoms with Gasteiger partial charge >= 0.3 is 0 Å². The second kappa shape index (κ2) is 5.29. The van der Waals surface area contributed by atoms with Crippen molar-refractivity contribution in [1.29, 1.82) is 5.26 Å². The lowest BCUT2D eigenvalue weighted by Crippen LogP contribution is -2.02. The number of hydrogen-bond acceptors (Lipinski definition) is 2. The number of unbranched alkanes of at least 4 members (excludes halogenated alkanes) is 1. The lowest BCUT2D eigenvalue weighted by molar-refractivity contribution is 0.834. The van der Waals surface area contributed by atoms with E-state index in [2.05, 4.69) is 18.3 Å². The molecule has 0 saturated heterocycles. The molecule has 0 bridgehead atoms. The third-order valence-electron chi connectivity index (χ3n) is 2.14. The molecule has 0 aromatic heterocycles. The first-order valence-corrected chi connectivity index (χ1v) is 5.02. The second-order valence-corrected chi connectivity index (χ2v) is 3.44. The van der Waals surface area contributed by atoms with E-state index in [1.54, 1.807) is 0 Å². The fraction of sp³-hybridized carbons (Fsp3) is 0.417. The Morgan fingerprint density at radius 3 is 2.86 bits per heavy atom. The Hall–Kier alpha value is -1.49. The molecule has 0 unspecified atom stereocenters. The van der Waals surface area contributed by atoms with Crippen molar-refractivity contribution in [3.63, 3.8) is 0 Å². The molecule has 1 N–H and O–H groups in total. The Morgan fingerprint density at radius 1 is 1.43 bits per heavy atom. The van der Waals surface area contributed by atoms with Gasteiger partial charge in [-0.2, -0.15) is 5.26 Å². The quantitative estimate of drug-likeness (QED) is 0.737. The minimum absolute atomic E-state index is 0.728. The summed E-state index contributed by atoms with van der Waals surface area (Å²) in [5.41, 5.74) is 2.87. The number of anilines is 1. The van der Waals surface area contributed by atoms with Gasteiger partial charge in [0.1, 0.15) is 6.07 Å². The fourth-order valence-corrected chi connectivity index (χ4v) is 1.30. The van der Waals surface area contributed by atoms with Crippen molar-refractivity contribution in [2.45, 2.75) is 26.7 Å². The number of rotatable bonds is 4. The molecule has 0 aliphatic carbocycles. The predicted octanol–water partition coefficient (Wildman–Crippen LogP) is 3.08. The molecule has 0 radical (unpaired) electrons. The van der Waals surface area contributed by atoms with E-state index in [4.69, 9.17) is 5.26 Å². The molecule has 1 aromatic rings. The Morgan fingerprint density at radius 2 is 2.21 bits per heavy atom. The first-order chi connectivity index (χ1) is 6.77. The van der Waals surface area contributed by atoms with Gasteiger partial charge in [0.25, 0.3) is 0 Å². The third-order valence-corrected chi connectivity index (χ3v) is 2.14. The van der Waals surface area contributed by atoms with Gasteiger partial charge in [0.05, 0.1) is 11.3 Å². The van der Waals surface area contributed by atoms with Gasteiger partial charge in [-0.1, -0.05) is 19.4 Å². The van der Waals surface area contributed by atoms with Crippen LogP contribution in [0.4, 0.5) is 5.69 Å². The van der Waals surface area contributed by atoms with Crippen molar-refractivity contribution >= 4 is 5.69 Å². The summed E-state index contributed by atoms with van der Waals surface area (Å²) in [6.45, 7) is 5.13. The molecule has 74 valence electrons. The van der Waals surface area contributed by atoms with E-state index >= 15 is 0 Å². The summed E-state index contributed by atoms with van der Waals surface area (Å²) in [5, 5.41) is 12.2. The van der Waals surface area contributed by atoms with E-state index in [1.165, 1.54) is 12.0 Å². The van der Waals surface area contributed by atoms with E-state index in [0.717, 1.165) is 24.2 Å². The fourth-order valence-electron chi connectivity index (χ4n) is 1.30. The highest BCUT2D eigenvalue weighted by Crippen LogP contribution is 2.16. The molecule has 1 rings (SSSR count). The summed E-state index contributed by atoms with van der Waals surface area (Å²) in [6.07, 6.45) is 2.31. The van der Waals surface area contributed by atoms with Crippen LogP contribution >= 0.6 is 0 Å². The van der Waals surface area contributed by atoms with Crippen LogP contribution in [0.1, 0.15) is 30.9 Å². The average molecular weight is 188 g/mol. The molecule has 2 heteroatoms. The van der Waals surface area contributed by atoms with E-state index in [0.29, 0.717) is 0 Å². The third kappa shape index (κ3) is 2.77. The summed E-state index contributed by atoms with van der Waals surface area (Å²) in [7, 11) is 0. The molecule has 0 aliphatic rings.